The molecule has 3 amide bonds. The van der Waals surface area contributed by atoms with Crippen molar-refractivity contribution in [2.24, 2.45) is 0 Å². The van der Waals surface area contributed by atoms with Crippen molar-refractivity contribution in [3.63, 3.8) is 0 Å². The quantitative estimate of drug-likeness (QED) is 0.210. The second-order valence-corrected chi connectivity index (χ2v) is 10.9. The first-order valence-corrected chi connectivity index (χ1v) is 14.4. The first-order chi connectivity index (χ1) is 21.6. The van der Waals surface area contributed by atoms with Crippen LogP contribution in [0.5, 0.6) is 0 Å². The molecule has 0 spiro atoms. The number of piperidine rings is 1. The van der Waals surface area contributed by atoms with Gasteiger partial charge in [-0.15, -0.1) is 0 Å². The van der Waals surface area contributed by atoms with Crippen LogP contribution in [0, 0.1) is 5.82 Å². The van der Waals surface area contributed by atoms with Crippen molar-refractivity contribution < 1.29 is 31.6 Å². The van der Waals surface area contributed by atoms with Crippen LogP contribution in [0.3, 0.4) is 0 Å². The maximum absolute atomic E-state index is 13.8. The molecule has 0 radical (unpaired) electrons. The van der Waals surface area contributed by atoms with Gasteiger partial charge >= 0.3 is 12.2 Å². The van der Waals surface area contributed by atoms with E-state index in [1.807, 2.05) is 30.3 Å². The van der Waals surface area contributed by atoms with Gasteiger partial charge in [0.05, 0.1) is 23.6 Å². The maximum atomic E-state index is 13.8. The Morgan fingerprint density at radius 2 is 1.62 bits per heavy atom. The molecule has 0 saturated carbocycles. The van der Waals surface area contributed by atoms with E-state index in [0.29, 0.717) is 44.8 Å². The minimum absolute atomic E-state index is 0.0885. The molecular weight excluding hydrogens is 594 g/mol. The fourth-order valence-electron chi connectivity index (χ4n) is 5.36. The number of anilines is 4. The van der Waals surface area contributed by atoms with Gasteiger partial charge in [-0.2, -0.15) is 18.2 Å². The molecule has 6 rings (SSSR count). The van der Waals surface area contributed by atoms with Crippen LogP contribution >= 0.6 is 0 Å². The topological polar surface area (TPSA) is 116 Å². The van der Waals surface area contributed by atoms with Crippen molar-refractivity contribution in [2.45, 2.75) is 31.0 Å². The van der Waals surface area contributed by atoms with Crippen molar-refractivity contribution in [1.82, 2.24) is 14.9 Å². The van der Waals surface area contributed by atoms with Gasteiger partial charge in [-0.05, 0) is 48.6 Å². The van der Waals surface area contributed by atoms with Gasteiger partial charge in [0.25, 0.3) is 11.9 Å². The predicted molar refractivity (Wildman–Crippen MR) is 159 cm³/mol. The van der Waals surface area contributed by atoms with E-state index in [-0.39, 0.29) is 29.3 Å². The Bertz CT molecular complexity index is 1650. The Morgan fingerprint density at radius 1 is 0.911 bits per heavy atom. The zero-order valence-electron chi connectivity index (χ0n) is 23.9. The summed E-state index contributed by atoms with van der Waals surface area (Å²) < 4.78 is 60.7. The fourth-order valence-corrected chi connectivity index (χ4v) is 5.36. The maximum Gasteiger partial charge on any atom is 0.437 e. The fraction of sp³-hybridized carbons (Fsp3) is 0.290. The van der Waals surface area contributed by atoms with Gasteiger partial charge in [0.1, 0.15) is 11.6 Å². The van der Waals surface area contributed by atoms with Crippen LogP contribution in [-0.2, 0) is 6.18 Å². The summed E-state index contributed by atoms with van der Waals surface area (Å²) in [6.45, 7) is 1.56. The number of pyridine rings is 1. The van der Waals surface area contributed by atoms with Crippen molar-refractivity contribution in [1.29, 1.82) is 0 Å². The second-order valence-electron chi connectivity index (χ2n) is 10.9. The molecule has 4 aromatic rings. The highest BCUT2D eigenvalue weighted by Crippen LogP contribution is 2.36. The zero-order valence-corrected chi connectivity index (χ0v) is 23.9. The first kappa shape index (κ1) is 29.9. The normalized spacial score (nSPS) is 15.8. The molecule has 2 aromatic heterocycles. The van der Waals surface area contributed by atoms with Crippen LogP contribution in [0.15, 0.2) is 77.3 Å². The smallest absolute Gasteiger partial charge is 0.417 e. The molecule has 2 saturated heterocycles. The number of para-hydroxylation sites is 1. The summed E-state index contributed by atoms with van der Waals surface area (Å²) in [6, 6.07) is 18.0. The summed E-state index contributed by atoms with van der Waals surface area (Å²) >= 11 is 0. The van der Waals surface area contributed by atoms with Crippen molar-refractivity contribution >= 4 is 35.1 Å². The lowest BCUT2D eigenvalue weighted by Crippen LogP contribution is -2.58. The molecule has 10 nitrogen and oxygen atoms in total. The molecule has 45 heavy (non-hydrogen) atoms. The molecule has 0 bridgehead atoms. The summed E-state index contributed by atoms with van der Waals surface area (Å²) in [5.41, 5.74) is 0.0274. The van der Waals surface area contributed by atoms with Crippen LogP contribution in [0.1, 0.15) is 40.6 Å². The van der Waals surface area contributed by atoms with Gasteiger partial charge < -0.3 is 30.2 Å². The molecule has 2 aliphatic rings. The molecule has 4 heterocycles. The van der Waals surface area contributed by atoms with Crippen LogP contribution in [0.25, 0.3) is 0 Å². The minimum Gasteiger partial charge on any atom is -0.417 e. The van der Waals surface area contributed by atoms with E-state index in [0.717, 1.165) is 0 Å². The third-order valence-electron chi connectivity index (χ3n) is 7.78. The molecular formula is C31H29F4N7O3. The van der Waals surface area contributed by atoms with Gasteiger partial charge in [0, 0.05) is 26.2 Å². The van der Waals surface area contributed by atoms with Crippen LogP contribution in [0.2, 0.25) is 0 Å². The number of oxazole rings is 1. The van der Waals surface area contributed by atoms with Crippen LogP contribution in [-0.4, -0.2) is 59.0 Å². The zero-order chi connectivity index (χ0) is 31.6. The highest BCUT2D eigenvalue weighted by molar-refractivity contribution is 6.03. The minimum atomic E-state index is -4.90. The number of halogens is 4. The molecule has 0 unspecified atom stereocenters. The van der Waals surface area contributed by atoms with E-state index in [1.165, 1.54) is 40.9 Å². The molecule has 234 valence electrons. The summed E-state index contributed by atoms with van der Waals surface area (Å²) in [4.78, 5) is 36.2. The molecule has 0 atom stereocenters. The Labute approximate surface area is 255 Å². The number of benzene rings is 2. The number of nitrogens with zero attached hydrogens (tertiary/aromatic N) is 4. The highest BCUT2D eigenvalue weighted by Gasteiger charge is 2.42. The van der Waals surface area contributed by atoms with Crippen molar-refractivity contribution in [2.75, 3.05) is 47.0 Å². The third-order valence-corrected chi connectivity index (χ3v) is 7.78. The molecule has 2 aromatic carbocycles. The van der Waals surface area contributed by atoms with Gasteiger partial charge in [0.2, 0.25) is 5.76 Å². The number of rotatable bonds is 7. The molecule has 3 N–H and O–H groups in total. The average Bonchev–Trinajstić information content (AvgIpc) is 3.48. The predicted octanol–water partition coefficient (Wildman–Crippen LogP) is 6.19. The summed E-state index contributed by atoms with van der Waals surface area (Å²) in [6.07, 6.45) is -2.19. The number of alkyl halides is 3. The standard InChI is InChI=1S/C31H29F4N7O3/c32-23-8-4-5-9-24(23)39-29(44)42-17-22(18-42)37-25-11-10-21(16-36-25)38-28(43)26-27(31(33,34)35)40-30(45-26)41-14-12-20(13-15-41)19-6-2-1-3-7-19/h1-11,16,20,22H,12-15,17-18H2,(H,36,37)(H,38,43)(H,39,44). The number of carbonyl (C=O) groups is 2. The van der Waals surface area contributed by atoms with E-state index in [9.17, 15) is 27.2 Å². The largest absolute Gasteiger partial charge is 0.437 e. The number of amides is 3. The van der Waals surface area contributed by atoms with Crippen LogP contribution < -0.4 is 20.9 Å². The SMILES string of the molecule is O=C(Nc1ccc(NC2CN(C(=O)Nc3ccccc3F)C2)nc1)c1oc(N2CCC(c3ccccc3)CC2)nc1C(F)(F)F. The Balaban J connectivity index is 1.03. The van der Waals surface area contributed by atoms with E-state index >= 15 is 0 Å². The second kappa shape index (κ2) is 12.5. The highest BCUT2D eigenvalue weighted by atomic mass is 19.4. The number of likely N-dealkylation sites (tertiary alicyclic amines) is 1. The lowest BCUT2D eigenvalue weighted by Gasteiger charge is -2.39. The van der Waals surface area contributed by atoms with E-state index in [2.05, 4.69) is 25.9 Å². The third kappa shape index (κ3) is 6.84. The summed E-state index contributed by atoms with van der Waals surface area (Å²) in [5.74, 6) is -1.84. The number of aromatic nitrogens is 2. The lowest BCUT2D eigenvalue weighted by atomic mass is 9.90. The van der Waals surface area contributed by atoms with Gasteiger partial charge in [0.15, 0.2) is 5.69 Å². The molecule has 14 heteroatoms. The average molecular weight is 624 g/mol. The van der Waals surface area contributed by atoms with Gasteiger partial charge in [-0.25, -0.2) is 14.2 Å². The number of urea groups is 1. The number of hydrogen-bond acceptors (Lipinski definition) is 7. The molecule has 2 fully saturated rings. The number of carbonyl (C=O) groups excluding carboxylic acids is 2. The van der Waals surface area contributed by atoms with E-state index in [1.54, 1.807) is 17.0 Å². The van der Waals surface area contributed by atoms with Gasteiger partial charge in [-0.1, -0.05) is 42.5 Å². The molecule has 2 aliphatic heterocycles. The van der Waals surface area contributed by atoms with Gasteiger partial charge in [-0.3, -0.25) is 4.79 Å². The lowest BCUT2D eigenvalue weighted by molar-refractivity contribution is -0.141. The number of hydrogen-bond donors (Lipinski definition) is 3. The Hall–Kier alpha value is -5.14. The van der Waals surface area contributed by atoms with Crippen LogP contribution in [0.4, 0.5) is 45.6 Å². The van der Waals surface area contributed by atoms with Crippen molar-refractivity contribution in [3.8, 4) is 0 Å². The Morgan fingerprint density at radius 3 is 2.29 bits per heavy atom. The summed E-state index contributed by atoms with van der Waals surface area (Å²) in [5, 5.41) is 8.05. The first-order valence-electron chi connectivity index (χ1n) is 14.4. The van der Waals surface area contributed by atoms with Crippen molar-refractivity contribution in [3.05, 3.63) is 95.8 Å². The van der Waals surface area contributed by atoms with E-state index in [4.69, 9.17) is 4.42 Å². The molecule has 0 aliphatic carbocycles. The van der Waals surface area contributed by atoms with E-state index < -0.39 is 35.4 Å². The monoisotopic (exact) mass is 623 g/mol. The summed E-state index contributed by atoms with van der Waals surface area (Å²) in [7, 11) is 0. The number of nitrogens with one attached hydrogen (secondary N) is 3. The Kier molecular flexibility index (Phi) is 8.28.